The second-order valence-electron chi connectivity index (χ2n) is 5.01. The number of hydrogen-bond acceptors (Lipinski definition) is 3. The summed E-state index contributed by atoms with van der Waals surface area (Å²) in [7, 11) is 1.17. The Labute approximate surface area is 129 Å². The van der Waals surface area contributed by atoms with Crippen molar-refractivity contribution in [2.45, 2.75) is 19.0 Å². The van der Waals surface area contributed by atoms with Crippen LogP contribution in [0.25, 0.3) is 0 Å². The van der Waals surface area contributed by atoms with Crippen molar-refractivity contribution in [3.63, 3.8) is 0 Å². The van der Waals surface area contributed by atoms with E-state index in [0.717, 1.165) is 12.8 Å². The topological polar surface area (TPSA) is 46.6 Å². The van der Waals surface area contributed by atoms with E-state index in [0.29, 0.717) is 4.90 Å². The summed E-state index contributed by atoms with van der Waals surface area (Å²) in [6, 6.07) is 3.66. The van der Waals surface area contributed by atoms with Crippen molar-refractivity contribution in [1.29, 1.82) is 0 Å². The zero-order valence-corrected chi connectivity index (χ0v) is 12.4. The quantitative estimate of drug-likeness (QED) is 0.792. The van der Waals surface area contributed by atoms with Crippen LogP contribution in [-0.4, -0.2) is 31.7 Å². The summed E-state index contributed by atoms with van der Waals surface area (Å²) in [5.74, 6) is -2.58. The number of benzene rings is 1. The van der Waals surface area contributed by atoms with Gasteiger partial charge < -0.3 is 9.64 Å². The highest BCUT2D eigenvalue weighted by Gasteiger charge is 2.44. The van der Waals surface area contributed by atoms with E-state index in [4.69, 9.17) is 11.6 Å². The summed E-state index contributed by atoms with van der Waals surface area (Å²) in [5.41, 5.74) is 0.0330. The Hall–Kier alpha value is -1.76. The highest BCUT2D eigenvalue weighted by Crippen LogP contribution is 2.34. The van der Waals surface area contributed by atoms with Gasteiger partial charge in [0.1, 0.15) is 0 Å². The maximum absolute atomic E-state index is 12.7. The van der Waals surface area contributed by atoms with Gasteiger partial charge in [0.15, 0.2) is 0 Å². The molecular weight excluding hydrogens is 323 g/mol. The molecule has 1 aromatic rings. The molecule has 0 N–H and O–H groups in total. The molecule has 1 saturated carbocycles. The van der Waals surface area contributed by atoms with Crippen LogP contribution in [0.3, 0.4) is 0 Å². The number of alkyl halides is 3. The lowest BCUT2D eigenvalue weighted by Crippen LogP contribution is -2.42. The van der Waals surface area contributed by atoms with Crippen LogP contribution < -0.4 is 4.90 Å². The van der Waals surface area contributed by atoms with Gasteiger partial charge in [0, 0.05) is 12.2 Å². The monoisotopic (exact) mass is 335 g/mol. The first-order chi connectivity index (χ1) is 10.2. The number of hydrogen-bond donors (Lipinski definition) is 0. The molecule has 0 aliphatic heterocycles. The van der Waals surface area contributed by atoms with Crippen LogP contribution in [0.4, 0.5) is 18.9 Å². The summed E-state index contributed by atoms with van der Waals surface area (Å²) in [4.78, 5) is 23.7. The first-order valence-corrected chi connectivity index (χ1v) is 6.88. The second kappa shape index (κ2) is 6.16. The number of anilines is 1. The van der Waals surface area contributed by atoms with Gasteiger partial charge >= 0.3 is 18.1 Å². The molecule has 2 rings (SSSR count). The predicted molar refractivity (Wildman–Crippen MR) is 73.9 cm³/mol. The van der Waals surface area contributed by atoms with Crippen molar-refractivity contribution in [2.75, 3.05) is 18.6 Å². The van der Waals surface area contributed by atoms with Crippen LogP contribution in [0, 0.1) is 5.92 Å². The Kier molecular flexibility index (Phi) is 4.65. The molecule has 1 aliphatic rings. The summed E-state index contributed by atoms with van der Waals surface area (Å²) >= 11 is 5.90. The Morgan fingerprint density at radius 1 is 1.36 bits per heavy atom. The SMILES string of the molecule is COC(=O)c1ccc(N(CC2CC2)C(=O)C(F)(F)F)cc1Cl. The lowest BCUT2D eigenvalue weighted by atomic mass is 10.2. The average Bonchev–Trinajstić information content (AvgIpc) is 3.26. The summed E-state index contributed by atoms with van der Waals surface area (Å²) in [5, 5.41) is -0.0693. The molecule has 1 fully saturated rings. The summed E-state index contributed by atoms with van der Waals surface area (Å²) in [6.07, 6.45) is -3.40. The fourth-order valence-electron chi connectivity index (χ4n) is 1.96. The minimum absolute atomic E-state index is 0.00637. The largest absolute Gasteiger partial charge is 0.471 e. The van der Waals surface area contributed by atoms with Gasteiger partial charge in [-0.15, -0.1) is 0 Å². The van der Waals surface area contributed by atoms with Gasteiger partial charge in [-0.25, -0.2) is 4.79 Å². The van der Waals surface area contributed by atoms with Crippen molar-refractivity contribution < 1.29 is 27.5 Å². The maximum Gasteiger partial charge on any atom is 0.471 e. The molecule has 0 heterocycles. The molecule has 0 spiro atoms. The molecule has 0 aromatic heterocycles. The number of esters is 1. The zero-order valence-electron chi connectivity index (χ0n) is 11.6. The fourth-order valence-corrected chi connectivity index (χ4v) is 2.22. The Morgan fingerprint density at radius 3 is 2.45 bits per heavy atom. The van der Waals surface area contributed by atoms with Gasteiger partial charge in [-0.3, -0.25) is 4.79 Å². The summed E-state index contributed by atoms with van der Waals surface area (Å²) in [6.45, 7) is -0.0216. The highest BCUT2D eigenvalue weighted by molar-refractivity contribution is 6.34. The molecule has 1 aliphatic carbocycles. The number of carbonyl (C=O) groups excluding carboxylic acids is 2. The number of halogens is 4. The van der Waals surface area contributed by atoms with Gasteiger partial charge in [0.25, 0.3) is 0 Å². The molecule has 1 aromatic carbocycles. The van der Waals surface area contributed by atoms with Crippen LogP contribution in [0.2, 0.25) is 5.02 Å². The van der Waals surface area contributed by atoms with Crippen LogP contribution in [-0.2, 0) is 9.53 Å². The number of amides is 1. The van der Waals surface area contributed by atoms with E-state index < -0.39 is 18.1 Å². The van der Waals surface area contributed by atoms with E-state index in [9.17, 15) is 22.8 Å². The van der Waals surface area contributed by atoms with Gasteiger partial charge in [0.05, 0.1) is 17.7 Å². The molecule has 22 heavy (non-hydrogen) atoms. The zero-order chi connectivity index (χ0) is 16.5. The Balaban J connectivity index is 2.33. The van der Waals surface area contributed by atoms with Crippen molar-refractivity contribution in [1.82, 2.24) is 0 Å². The molecule has 0 radical (unpaired) electrons. The van der Waals surface area contributed by atoms with Crippen molar-refractivity contribution in [2.24, 2.45) is 5.92 Å². The van der Waals surface area contributed by atoms with E-state index in [2.05, 4.69) is 4.74 Å². The van der Waals surface area contributed by atoms with Crippen molar-refractivity contribution in [3.8, 4) is 0 Å². The molecular formula is C14H13ClF3NO3. The third kappa shape index (κ3) is 3.71. The van der Waals surface area contributed by atoms with Gasteiger partial charge in [-0.05, 0) is 37.0 Å². The number of carbonyl (C=O) groups is 2. The highest BCUT2D eigenvalue weighted by atomic mass is 35.5. The van der Waals surface area contributed by atoms with Gasteiger partial charge in [-0.2, -0.15) is 13.2 Å². The van der Waals surface area contributed by atoms with Crippen molar-refractivity contribution in [3.05, 3.63) is 28.8 Å². The second-order valence-corrected chi connectivity index (χ2v) is 5.42. The molecule has 8 heteroatoms. The lowest BCUT2D eigenvalue weighted by Gasteiger charge is -2.24. The third-order valence-electron chi connectivity index (χ3n) is 3.30. The van der Waals surface area contributed by atoms with E-state index in [1.807, 2.05) is 0 Å². The number of methoxy groups -OCH3 is 1. The molecule has 0 atom stereocenters. The normalized spacial score (nSPS) is 14.6. The van der Waals surface area contributed by atoms with Crippen LogP contribution >= 0.6 is 11.6 Å². The molecule has 1 amide bonds. The van der Waals surface area contributed by atoms with Crippen molar-refractivity contribution >= 4 is 29.2 Å². The predicted octanol–water partition coefficient (Wildman–Crippen LogP) is 3.43. The minimum Gasteiger partial charge on any atom is -0.465 e. The van der Waals surface area contributed by atoms with Gasteiger partial charge in [0.2, 0.25) is 0 Å². The smallest absolute Gasteiger partial charge is 0.465 e. The van der Waals surface area contributed by atoms with E-state index >= 15 is 0 Å². The lowest BCUT2D eigenvalue weighted by molar-refractivity contribution is -0.170. The van der Waals surface area contributed by atoms with E-state index in [-0.39, 0.29) is 28.7 Å². The van der Waals surface area contributed by atoms with Crippen LogP contribution in [0.1, 0.15) is 23.2 Å². The molecule has 0 bridgehead atoms. The average molecular weight is 336 g/mol. The molecule has 4 nitrogen and oxygen atoms in total. The standard InChI is InChI=1S/C14H13ClF3NO3/c1-22-12(20)10-5-4-9(6-11(10)15)19(7-8-2-3-8)13(21)14(16,17)18/h4-6,8H,2-3,7H2,1H3. The molecule has 0 unspecified atom stereocenters. The summed E-state index contributed by atoms with van der Waals surface area (Å²) < 4.78 is 42.7. The first-order valence-electron chi connectivity index (χ1n) is 6.50. The van der Waals surface area contributed by atoms with Crippen LogP contribution in [0.15, 0.2) is 18.2 Å². The molecule has 0 saturated heterocycles. The van der Waals surface area contributed by atoms with E-state index in [1.54, 1.807) is 0 Å². The first kappa shape index (κ1) is 16.6. The number of nitrogens with zero attached hydrogens (tertiary/aromatic N) is 1. The van der Waals surface area contributed by atoms with Gasteiger partial charge in [-0.1, -0.05) is 11.6 Å². The molecule has 120 valence electrons. The maximum atomic E-state index is 12.7. The Bertz CT molecular complexity index is 599. The fraction of sp³-hybridized carbons (Fsp3) is 0.429. The third-order valence-corrected chi connectivity index (χ3v) is 3.61. The van der Waals surface area contributed by atoms with E-state index in [1.165, 1.54) is 25.3 Å². The minimum atomic E-state index is -4.97. The number of ether oxygens (including phenoxy) is 1. The Morgan fingerprint density at radius 2 is 2.00 bits per heavy atom. The van der Waals surface area contributed by atoms with Crippen LogP contribution in [0.5, 0.6) is 0 Å². The number of rotatable bonds is 4.